The standard InChI is InChI=1S/C15H20O3/c16-15-13-6-2-1-4-11(13)7-8-14(15)18-10-12-5-3-9-17-12/h1-2,4,6,12,14-16H,3,5,7-10H2. The lowest BCUT2D eigenvalue weighted by atomic mass is 9.87. The quantitative estimate of drug-likeness (QED) is 0.891. The van der Waals surface area contributed by atoms with Crippen LogP contribution < -0.4 is 0 Å². The summed E-state index contributed by atoms with van der Waals surface area (Å²) in [4.78, 5) is 0. The van der Waals surface area contributed by atoms with Crippen molar-refractivity contribution in [2.75, 3.05) is 13.2 Å². The Hall–Kier alpha value is -0.900. The van der Waals surface area contributed by atoms with Crippen LogP contribution in [0, 0.1) is 0 Å². The molecule has 2 aliphatic rings. The van der Waals surface area contributed by atoms with Gasteiger partial charge in [0.15, 0.2) is 0 Å². The third-order valence-electron chi connectivity index (χ3n) is 3.94. The minimum absolute atomic E-state index is 0.0795. The Bertz CT molecular complexity index is 398. The topological polar surface area (TPSA) is 38.7 Å². The Kier molecular flexibility index (Phi) is 3.64. The monoisotopic (exact) mass is 248 g/mol. The van der Waals surface area contributed by atoms with Crippen LogP contribution in [0.5, 0.6) is 0 Å². The van der Waals surface area contributed by atoms with Gasteiger partial charge in [-0.25, -0.2) is 0 Å². The summed E-state index contributed by atoms with van der Waals surface area (Å²) in [7, 11) is 0. The molecule has 0 aromatic heterocycles. The molecule has 0 saturated carbocycles. The minimum Gasteiger partial charge on any atom is -0.386 e. The van der Waals surface area contributed by atoms with Crippen molar-refractivity contribution in [3.05, 3.63) is 35.4 Å². The van der Waals surface area contributed by atoms with E-state index in [1.807, 2.05) is 18.2 Å². The zero-order chi connectivity index (χ0) is 12.4. The van der Waals surface area contributed by atoms with Crippen molar-refractivity contribution in [2.45, 2.75) is 44.0 Å². The summed E-state index contributed by atoms with van der Waals surface area (Å²) in [5.74, 6) is 0. The van der Waals surface area contributed by atoms with Crippen molar-refractivity contribution < 1.29 is 14.6 Å². The van der Waals surface area contributed by atoms with Crippen LogP contribution in [0.15, 0.2) is 24.3 Å². The molecule has 0 spiro atoms. The molecule has 0 radical (unpaired) electrons. The highest BCUT2D eigenvalue weighted by Gasteiger charge is 2.29. The lowest BCUT2D eigenvalue weighted by Gasteiger charge is -2.30. The zero-order valence-corrected chi connectivity index (χ0v) is 10.5. The molecule has 3 heteroatoms. The first kappa shape index (κ1) is 12.2. The fourth-order valence-corrected chi connectivity index (χ4v) is 2.89. The fourth-order valence-electron chi connectivity index (χ4n) is 2.89. The van der Waals surface area contributed by atoms with Crippen LogP contribution in [-0.2, 0) is 15.9 Å². The number of ether oxygens (including phenoxy) is 2. The summed E-state index contributed by atoms with van der Waals surface area (Å²) in [6, 6.07) is 8.10. The van der Waals surface area contributed by atoms with E-state index in [-0.39, 0.29) is 12.2 Å². The van der Waals surface area contributed by atoms with E-state index in [1.54, 1.807) is 0 Å². The lowest BCUT2D eigenvalue weighted by Crippen LogP contribution is -2.30. The summed E-state index contributed by atoms with van der Waals surface area (Å²) in [5, 5.41) is 10.3. The molecular weight excluding hydrogens is 228 g/mol. The van der Waals surface area contributed by atoms with E-state index in [2.05, 4.69) is 6.07 Å². The molecule has 18 heavy (non-hydrogen) atoms. The maximum Gasteiger partial charge on any atom is 0.105 e. The second kappa shape index (κ2) is 5.39. The number of aliphatic hydroxyl groups excluding tert-OH is 1. The van der Waals surface area contributed by atoms with Crippen LogP contribution in [0.1, 0.15) is 36.5 Å². The average molecular weight is 248 g/mol. The van der Waals surface area contributed by atoms with E-state index in [0.717, 1.165) is 37.9 Å². The van der Waals surface area contributed by atoms with Gasteiger partial charge in [-0.15, -0.1) is 0 Å². The van der Waals surface area contributed by atoms with Gasteiger partial charge in [0.05, 0.1) is 18.8 Å². The molecule has 0 amide bonds. The zero-order valence-electron chi connectivity index (χ0n) is 10.5. The predicted octanol–water partition coefficient (Wildman–Crippen LogP) is 2.23. The Balaban J connectivity index is 1.61. The molecule has 1 aromatic rings. The smallest absolute Gasteiger partial charge is 0.105 e. The molecule has 1 fully saturated rings. The molecule has 3 rings (SSSR count). The number of aryl methyl sites for hydroxylation is 1. The van der Waals surface area contributed by atoms with E-state index < -0.39 is 6.10 Å². The van der Waals surface area contributed by atoms with E-state index in [9.17, 15) is 5.11 Å². The van der Waals surface area contributed by atoms with Crippen molar-refractivity contribution in [3.8, 4) is 0 Å². The first-order valence-electron chi connectivity index (χ1n) is 6.83. The number of hydrogen-bond donors (Lipinski definition) is 1. The van der Waals surface area contributed by atoms with Gasteiger partial charge in [0.2, 0.25) is 0 Å². The highest BCUT2D eigenvalue weighted by molar-refractivity contribution is 5.32. The molecule has 3 unspecified atom stereocenters. The molecule has 1 aliphatic carbocycles. The number of rotatable bonds is 3. The van der Waals surface area contributed by atoms with Crippen LogP contribution in [0.4, 0.5) is 0 Å². The first-order chi connectivity index (χ1) is 8.84. The average Bonchev–Trinajstić information content (AvgIpc) is 2.91. The largest absolute Gasteiger partial charge is 0.386 e. The van der Waals surface area contributed by atoms with Gasteiger partial charge in [-0.1, -0.05) is 24.3 Å². The lowest BCUT2D eigenvalue weighted by molar-refractivity contribution is -0.0787. The first-order valence-corrected chi connectivity index (χ1v) is 6.83. The third kappa shape index (κ3) is 2.44. The number of aliphatic hydroxyl groups is 1. The Morgan fingerprint density at radius 2 is 2.17 bits per heavy atom. The van der Waals surface area contributed by atoms with Gasteiger partial charge in [-0.2, -0.15) is 0 Å². The van der Waals surface area contributed by atoms with E-state index in [4.69, 9.17) is 9.47 Å². The molecule has 3 atom stereocenters. The van der Waals surface area contributed by atoms with E-state index in [0.29, 0.717) is 6.61 Å². The number of fused-ring (bicyclic) bond motifs is 1. The molecule has 1 aliphatic heterocycles. The van der Waals surface area contributed by atoms with Gasteiger partial charge in [0.25, 0.3) is 0 Å². The Morgan fingerprint density at radius 1 is 1.28 bits per heavy atom. The van der Waals surface area contributed by atoms with Gasteiger partial charge in [0, 0.05) is 6.61 Å². The van der Waals surface area contributed by atoms with Gasteiger partial charge < -0.3 is 14.6 Å². The summed E-state index contributed by atoms with van der Waals surface area (Å²) < 4.78 is 11.4. The van der Waals surface area contributed by atoms with Crippen LogP contribution in [0.25, 0.3) is 0 Å². The molecule has 1 N–H and O–H groups in total. The van der Waals surface area contributed by atoms with E-state index in [1.165, 1.54) is 5.56 Å². The SMILES string of the molecule is OC1c2ccccc2CCC1OCC1CCCO1. The second-order valence-corrected chi connectivity index (χ2v) is 5.19. The predicted molar refractivity (Wildman–Crippen MR) is 68.4 cm³/mol. The highest BCUT2D eigenvalue weighted by atomic mass is 16.5. The highest BCUT2D eigenvalue weighted by Crippen LogP contribution is 2.32. The summed E-state index contributed by atoms with van der Waals surface area (Å²) in [6.07, 6.45) is 3.76. The van der Waals surface area contributed by atoms with Crippen LogP contribution in [0.3, 0.4) is 0 Å². The number of hydrogen-bond acceptors (Lipinski definition) is 3. The van der Waals surface area contributed by atoms with E-state index >= 15 is 0 Å². The van der Waals surface area contributed by atoms with Gasteiger partial charge in [-0.05, 0) is 36.8 Å². The van der Waals surface area contributed by atoms with Crippen molar-refractivity contribution in [1.29, 1.82) is 0 Å². The number of benzene rings is 1. The van der Waals surface area contributed by atoms with Crippen molar-refractivity contribution in [3.63, 3.8) is 0 Å². The minimum atomic E-state index is -0.489. The third-order valence-corrected chi connectivity index (χ3v) is 3.94. The molecule has 98 valence electrons. The van der Waals surface area contributed by atoms with Crippen molar-refractivity contribution in [2.24, 2.45) is 0 Å². The molecular formula is C15H20O3. The summed E-state index contributed by atoms with van der Waals surface area (Å²) in [5.41, 5.74) is 2.28. The summed E-state index contributed by atoms with van der Waals surface area (Å²) >= 11 is 0. The Morgan fingerprint density at radius 3 is 3.00 bits per heavy atom. The molecule has 3 nitrogen and oxygen atoms in total. The van der Waals surface area contributed by atoms with Crippen LogP contribution in [0.2, 0.25) is 0 Å². The normalized spacial score (nSPS) is 31.3. The van der Waals surface area contributed by atoms with Gasteiger partial charge >= 0.3 is 0 Å². The Labute approximate surface area is 108 Å². The van der Waals surface area contributed by atoms with Gasteiger partial charge in [0.1, 0.15) is 6.10 Å². The maximum atomic E-state index is 10.3. The van der Waals surface area contributed by atoms with Crippen LogP contribution >= 0.6 is 0 Å². The van der Waals surface area contributed by atoms with Gasteiger partial charge in [-0.3, -0.25) is 0 Å². The summed E-state index contributed by atoms with van der Waals surface area (Å²) in [6.45, 7) is 1.47. The molecule has 1 aromatic carbocycles. The molecule has 1 saturated heterocycles. The molecule has 0 bridgehead atoms. The van der Waals surface area contributed by atoms with Crippen molar-refractivity contribution >= 4 is 0 Å². The maximum absolute atomic E-state index is 10.3. The fraction of sp³-hybridized carbons (Fsp3) is 0.600. The van der Waals surface area contributed by atoms with Crippen molar-refractivity contribution in [1.82, 2.24) is 0 Å². The second-order valence-electron chi connectivity index (χ2n) is 5.19. The molecule has 1 heterocycles. The van der Waals surface area contributed by atoms with Crippen LogP contribution in [-0.4, -0.2) is 30.5 Å².